The number of carbonyl (C=O) groups excluding carboxylic acids is 1. The molecule has 1 N–H and O–H groups in total. The van der Waals surface area contributed by atoms with Crippen molar-refractivity contribution < 1.29 is 18.3 Å². The lowest BCUT2D eigenvalue weighted by Crippen LogP contribution is -2.27. The third kappa shape index (κ3) is 3.18. The molecule has 9 nitrogen and oxygen atoms in total. The lowest BCUT2D eigenvalue weighted by atomic mass is 10.0. The van der Waals surface area contributed by atoms with Gasteiger partial charge in [-0.05, 0) is 29.0 Å². The van der Waals surface area contributed by atoms with Crippen molar-refractivity contribution >= 4 is 6.09 Å². The molecule has 1 saturated heterocycles. The Kier molecular flexibility index (Phi) is 3.95. The zero-order chi connectivity index (χ0) is 18.1. The van der Waals surface area contributed by atoms with Crippen LogP contribution in [0.15, 0.2) is 36.7 Å². The molecule has 2 aromatic heterocycles. The van der Waals surface area contributed by atoms with Crippen LogP contribution >= 0.6 is 0 Å². The van der Waals surface area contributed by atoms with Gasteiger partial charge in [0.25, 0.3) is 0 Å². The number of halogens is 2. The minimum Gasteiger partial charge on any atom is -0.442 e. The van der Waals surface area contributed by atoms with Gasteiger partial charge in [-0.1, -0.05) is 0 Å². The van der Waals surface area contributed by atoms with Gasteiger partial charge in [-0.25, -0.2) is 23.5 Å². The van der Waals surface area contributed by atoms with Crippen LogP contribution in [0.4, 0.5) is 13.6 Å². The van der Waals surface area contributed by atoms with Crippen molar-refractivity contribution in [2.24, 2.45) is 0 Å². The number of alkyl carbamates (subject to hydrolysis) is 1. The molecule has 2 unspecified atom stereocenters. The molecule has 0 aliphatic carbocycles. The highest BCUT2D eigenvalue weighted by Crippen LogP contribution is 2.27. The minimum atomic E-state index is -0.776. The number of carbonyl (C=O) groups is 1. The van der Waals surface area contributed by atoms with Crippen LogP contribution in [0.1, 0.15) is 11.6 Å². The highest BCUT2D eigenvalue weighted by Gasteiger charge is 2.36. The number of ether oxygens (including phenoxy) is 1. The van der Waals surface area contributed by atoms with Crippen LogP contribution in [0.2, 0.25) is 0 Å². The normalized spacial score (nSPS) is 19.2. The average Bonchev–Trinajstić information content (AvgIpc) is 3.22. The van der Waals surface area contributed by atoms with Crippen LogP contribution in [0, 0.1) is 11.6 Å². The van der Waals surface area contributed by atoms with Gasteiger partial charge in [0.05, 0.1) is 6.04 Å². The fourth-order valence-corrected chi connectivity index (χ4v) is 2.64. The highest BCUT2D eigenvalue weighted by atomic mass is 19.1. The Balaban J connectivity index is 1.56. The third-order valence-corrected chi connectivity index (χ3v) is 3.71. The summed E-state index contributed by atoms with van der Waals surface area (Å²) in [5, 5.41) is 14.4. The van der Waals surface area contributed by atoms with E-state index >= 15 is 0 Å². The number of tetrazole rings is 1. The molecule has 4 rings (SSSR count). The molecule has 1 aliphatic rings. The van der Waals surface area contributed by atoms with Gasteiger partial charge < -0.3 is 10.1 Å². The Morgan fingerprint density at radius 2 is 1.85 bits per heavy atom. The number of rotatable bonds is 4. The Morgan fingerprint density at radius 1 is 1.12 bits per heavy atom. The van der Waals surface area contributed by atoms with Gasteiger partial charge in [0.15, 0.2) is 0 Å². The Hall–Kier alpha value is -3.50. The number of cyclic esters (lactones) is 1. The van der Waals surface area contributed by atoms with Crippen LogP contribution in [-0.2, 0) is 11.3 Å². The molecule has 3 aromatic rings. The largest absolute Gasteiger partial charge is 0.442 e. The minimum absolute atomic E-state index is 0.0291. The molecular formula is C15H11F2N7O2. The van der Waals surface area contributed by atoms with Gasteiger partial charge in [-0.15, -0.1) is 10.2 Å². The summed E-state index contributed by atoms with van der Waals surface area (Å²) in [6.45, 7) is 0.0291. The summed E-state index contributed by atoms with van der Waals surface area (Å²) in [6, 6.07) is 3.92. The van der Waals surface area contributed by atoms with Gasteiger partial charge in [0.1, 0.15) is 24.3 Å². The SMILES string of the molecule is O=C1NC(c2cc(F)cc(F)c2)C(Cn2nnc(-c3ncccn3)n2)O1. The summed E-state index contributed by atoms with van der Waals surface area (Å²) >= 11 is 0. The number of nitrogens with one attached hydrogen (secondary N) is 1. The van der Waals surface area contributed by atoms with E-state index < -0.39 is 29.9 Å². The van der Waals surface area contributed by atoms with Crippen LogP contribution in [0.5, 0.6) is 0 Å². The van der Waals surface area contributed by atoms with Crippen LogP contribution < -0.4 is 5.32 Å². The third-order valence-electron chi connectivity index (χ3n) is 3.71. The fourth-order valence-electron chi connectivity index (χ4n) is 2.64. The lowest BCUT2D eigenvalue weighted by Gasteiger charge is -2.16. The van der Waals surface area contributed by atoms with Crippen molar-refractivity contribution in [1.29, 1.82) is 0 Å². The molecule has 1 aliphatic heterocycles. The Labute approximate surface area is 145 Å². The maximum absolute atomic E-state index is 13.5. The first-order chi connectivity index (χ1) is 12.6. The summed E-state index contributed by atoms with van der Waals surface area (Å²) < 4.78 is 32.1. The first-order valence-corrected chi connectivity index (χ1v) is 7.57. The summed E-state index contributed by atoms with van der Waals surface area (Å²) in [4.78, 5) is 20.9. The second-order valence-electron chi connectivity index (χ2n) is 5.51. The van der Waals surface area contributed by atoms with Crippen LogP contribution in [0.3, 0.4) is 0 Å². The number of hydrogen-bond acceptors (Lipinski definition) is 7. The number of benzene rings is 1. The Morgan fingerprint density at radius 3 is 2.58 bits per heavy atom. The van der Waals surface area contributed by atoms with Gasteiger partial charge in [0, 0.05) is 18.5 Å². The maximum atomic E-state index is 13.5. The van der Waals surface area contributed by atoms with Crippen LogP contribution in [-0.4, -0.2) is 42.4 Å². The van der Waals surface area contributed by atoms with Gasteiger partial charge >= 0.3 is 6.09 Å². The number of hydrogen-bond donors (Lipinski definition) is 1. The van der Waals surface area contributed by atoms with E-state index in [0.29, 0.717) is 5.82 Å². The second kappa shape index (κ2) is 6.43. The summed E-state index contributed by atoms with van der Waals surface area (Å²) in [5.74, 6) is -0.995. The maximum Gasteiger partial charge on any atom is 0.408 e. The van der Waals surface area contributed by atoms with E-state index in [-0.39, 0.29) is 17.9 Å². The molecule has 2 atom stereocenters. The standard InChI is InChI=1S/C15H11F2N7O2/c16-9-4-8(5-10(17)6-9)12-11(26-15(25)20-12)7-24-22-14(21-23-24)13-18-2-1-3-19-13/h1-6,11-12H,7H2,(H,20,25). The first kappa shape index (κ1) is 16.0. The predicted octanol–water partition coefficient (Wildman–Crippen LogP) is 1.26. The number of amides is 1. The number of nitrogens with zero attached hydrogens (tertiary/aromatic N) is 6. The molecule has 132 valence electrons. The topological polar surface area (TPSA) is 108 Å². The van der Waals surface area contributed by atoms with Gasteiger partial charge in [-0.3, -0.25) is 0 Å². The molecule has 26 heavy (non-hydrogen) atoms. The first-order valence-electron chi connectivity index (χ1n) is 7.57. The summed E-state index contributed by atoms with van der Waals surface area (Å²) in [5.41, 5.74) is 0.241. The molecule has 0 radical (unpaired) electrons. The van der Waals surface area contributed by atoms with E-state index in [1.54, 1.807) is 18.5 Å². The van der Waals surface area contributed by atoms with E-state index in [4.69, 9.17) is 4.74 Å². The van der Waals surface area contributed by atoms with E-state index in [9.17, 15) is 13.6 Å². The zero-order valence-corrected chi connectivity index (χ0v) is 13.1. The second-order valence-corrected chi connectivity index (χ2v) is 5.51. The van der Waals surface area contributed by atoms with Gasteiger partial charge in [0.2, 0.25) is 11.6 Å². The average molecular weight is 359 g/mol. The van der Waals surface area contributed by atoms with Crippen molar-refractivity contribution in [3.63, 3.8) is 0 Å². The fraction of sp³-hybridized carbons (Fsp3) is 0.200. The molecule has 1 fully saturated rings. The Bertz CT molecular complexity index is 930. The van der Waals surface area contributed by atoms with Crippen molar-refractivity contribution in [2.75, 3.05) is 0 Å². The molecule has 11 heteroatoms. The van der Waals surface area contributed by atoms with Crippen LogP contribution in [0.25, 0.3) is 11.6 Å². The molecular weight excluding hydrogens is 348 g/mol. The number of aromatic nitrogens is 6. The predicted molar refractivity (Wildman–Crippen MR) is 81.3 cm³/mol. The van der Waals surface area contributed by atoms with Gasteiger partial charge in [-0.2, -0.15) is 4.80 Å². The highest BCUT2D eigenvalue weighted by molar-refractivity contribution is 5.70. The van der Waals surface area contributed by atoms with Crippen molar-refractivity contribution in [2.45, 2.75) is 18.7 Å². The lowest BCUT2D eigenvalue weighted by molar-refractivity contribution is 0.114. The summed E-state index contributed by atoms with van der Waals surface area (Å²) in [7, 11) is 0. The molecule has 3 heterocycles. The van der Waals surface area contributed by atoms with E-state index in [0.717, 1.165) is 18.2 Å². The molecule has 1 aromatic carbocycles. The monoisotopic (exact) mass is 359 g/mol. The van der Waals surface area contributed by atoms with Crippen molar-refractivity contribution in [1.82, 2.24) is 35.5 Å². The zero-order valence-electron chi connectivity index (χ0n) is 13.1. The van der Waals surface area contributed by atoms with E-state index in [1.807, 2.05) is 0 Å². The quantitative estimate of drug-likeness (QED) is 0.747. The van der Waals surface area contributed by atoms with E-state index in [2.05, 4.69) is 30.7 Å². The molecule has 0 spiro atoms. The van der Waals surface area contributed by atoms with Crippen molar-refractivity contribution in [3.8, 4) is 11.6 Å². The molecule has 0 bridgehead atoms. The molecule has 1 amide bonds. The van der Waals surface area contributed by atoms with Crippen molar-refractivity contribution in [3.05, 3.63) is 53.9 Å². The smallest absolute Gasteiger partial charge is 0.408 e. The summed E-state index contributed by atoms with van der Waals surface area (Å²) in [6.07, 6.45) is 1.61. The molecule has 0 saturated carbocycles. The van der Waals surface area contributed by atoms with E-state index in [1.165, 1.54) is 4.80 Å².